The fourth-order valence-corrected chi connectivity index (χ4v) is 3.08. The van der Waals surface area contributed by atoms with Crippen LogP contribution < -0.4 is 4.90 Å². The molecule has 5 nitrogen and oxygen atoms in total. The largest absolute Gasteiger partial charge is 0.381 e. The third-order valence-corrected chi connectivity index (χ3v) is 4.36. The van der Waals surface area contributed by atoms with E-state index in [9.17, 15) is 4.79 Å². The Bertz CT molecular complexity index is 805. The second-order valence-electron chi connectivity index (χ2n) is 6.07. The number of ether oxygens (including phenoxy) is 1. The Morgan fingerprint density at radius 3 is 2.79 bits per heavy atom. The van der Waals surface area contributed by atoms with Crippen LogP contribution in [0.15, 0.2) is 60.9 Å². The number of pyridine rings is 1. The minimum Gasteiger partial charge on any atom is -0.381 e. The summed E-state index contributed by atoms with van der Waals surface area (Å²) >= 11 is 0. The Morgan fingerprint density at radius 1 is 1.21 bits per heavy atom. The van der Waals surface area contributed by atoms with E-state index in [2.05, 4.69) is 4.98 Å². The maximum atomic E-state index is 13.1. The Hall–Kier alpha value is -2.66. The third kappa shape index (κ3) is 2.90. The Kier molecular flexibility index (Phi) is 4.01. The molecule has 0 N–H and O–H groups in total. The van der Waals surface area contributed by atoms with Crippen LogP contribution in [0.3, 0.4) is 0 Å². The zero-order chi connectivity index (χ0) is 16.4. The summed E-state index contributed by atoms with van der Waals surface area (Å²) in [6.07, 6.45) is 4.68. The fraction of sp³-hybridized carbons (Fsp3) is 0.263. The van der Waals surface area contributed by atoms with Gasteiger partial charge in [-0.25, -0.2) is 4.98 Å². The second kappa shape index (κ2) is 6.45. The lowest BCUT2D eigenvalue weighted by atomic mass is 10.1. The van der Waals surface area contributed by atoms with Gasteiger partial charge in [0, 0.05) is 37.2 Å². The summed E-state index contributed by atoms with van der Waals surface area (Å²) in [5, 5.41) is 0. The number of carbonyl (C=O) groups excluding carboxylic acids is 1. The number of para-hydroxylation sites is 1. The molecule has 24 heavy (non-hydrogen) atoms. The van der Waals surface area contributed by atoms with Gasteiger partial charge in [-0.15, -0.1) is 0 Å². The fourth-order valence-electron chi connectivity index (χ4n) is 3.08. The molecule has 1 fully saturated rings. The maximum Gasteiger partial charge on any atom is 0.278 e. The molecule has 5 heteroatoms. The Morgan fingerprint density at radius 2 is 2.04 bits per heavy atom. The summed E-state index contributed by atoms with van der Waals surface area (Å²) in [5.41, 5.74) is 2.13. The Balaban J connectivity index is 1.67. The van der Waals surface area contributed by atoms with Crippen LogP contribution in [0.1, 0.15) is 16.9 Å². The van der Waals surface area contributed by atoms with Gasteiger partial charge < -0.3 is 14.0 Å². The van der Waals surface area contributed by atoms with Crippen molar-refractivity contribution in [2.75, 3.05) is 24.7 Å². The van der Waals surface area contributed by atoms with E-state index in [1.807, 2.05) is 64.0 Å². The molecule has 3 aromatic rings. The normalized spacial score (nSPS) is 17.2. The lowest BCUT2D eigenvalue weighted by Crippen LogP contribution is -2.36. The van der Waals surface area contributed by atoms with Crippen LogP contribution in [0.4, 0.5) is 5.69 Å². The van der Waals surface area contributed by atoms with E-state index < -0.39 is 0 Å². The molecule has 1 aliphatic rings. The van der Waals surface area contributed by atoms with Gasteiger partial charge in [0.05, 0.1) is 6.61 Å². The van der Waals surface area contributed by atoms with E-state index in [4.69, 9.17) is 4.74 Å². The Labute approximate surface area is 140 Å². The van der Waals surface area contributed by atoms with Gasteiger partial charge in [0.1, 0.15) is 11.3 Å². The van der Waals surface area contributed by atoms with Crippen molar-refractivity contribution in [3.05, 3.63) is 66.6 Å². The zero-order valence-corrected chi connectivity index (χ0v) is 13.3. The molecule has 0 aliphatic carbocycles. The highest BCUT2D eigenvalue weighted by atomic mass is 16.5. The van der Waals surface area contributed by atoms with E-state index in [0.717, 1.165) is 24.4 Å². The smallest absolute Gasteiger partial charge is 0.278 e. The molecule has 3 heterocycles. The molecule has 122 valence electrons. The average Bonchev–Trinajstić information content (AvgIpc) is 3.29. The van der Waals surface area contributed by atoms with Crippen molar-refractivity contribution in [2.45, 2.75) is 6.42 Å². The van der Waals surface area contributed by atoms with E-state index in [1.165, 1.54) is 0 Å². The summed E-state index contributed by atoms with van der Waals surface area (Å²) in [6.45, 7) is 2.13. The number of amides is 1. The molecule has 4 rings (SSSR count). The van der Waals surface area contributed by atoms with Crippen LogP contribution in [-0.2, 0) is 4.74 Å². The van der Waals surface area contributed by atoms with E-state index in [-0.39, 0.29) is 5.91 Å². The second-order valence-corrected chi connectivity index (χ2v) is 6.07. The molecule has 1 amide bonds. The summed E-state index contributed by atoms with van der Waals surface area (Å²) in [7, 11) is 0. The van der Waals surface area contributed by atoms with Gasteiger partial charge in [-0.3, -0.25) is 4.79 Å². The first-order chi connectivity index (χ1) is 11.8. The van der Waals surface area contributed by atoms with Crippen LogP contribution >= 0.6 is 0 Å². The van der Waals surface area contributed by atoms with Crippen molar-refractivity contribution in [1.29, 1.82) is 0 Å². The molecule has 0 unspecified atom stereocenters. The number of carbonyl (C=O) groups is 1. The number of benzene rings is 1. The number of fused-ring (bicyclic) bond motifs is 1. The molecular formula is C19H19N3O2. The minimum absolute atomic E-state index is 0.0724. The average molecular weight is 321 g/mol. The van der Waals surface area contributed by atoms with Gasteiger partial charge >= 0.3 is 0 Å². The maximum absolute atomic E-state index is 13.1. The van der Waals surface area contributed by atoms with Gasteiger partial charge in [-0.05, 0) is 30.7 Å². The molecular weight excluding hydrogens is 302 g/mol. The highest BCUT2D eigenvalue weighted by Gasteiger charge is 2.26. The van der Waals surface area contributed by atoms with Crippen LogP contribution in [0, 0.1) is 5.92 Å². The minimum atomic E-state index is -0.0724. The van der Waals surface area contributed by atoms with Gasteiger partial charge in [0.25, 0.3) is 5.91 Å². The lowest BCUT2D eigenvalue weighted by molar-refractivity contribution is 0.0977. The highest BCUT2D eigenvalue weighted by Crippen LogP contribution is 2.22. The number of hydrogen-bond donors (Lipinski definition) is 0. The van der Waals surface area contributed by atoms with E-state index in [1.54, 1.807) is 6.20 Å². The zero-order valence-electron chi connectivity index (χ0n) is 13.3. The van der Waals surface area contributed by atoms with Crippen LogP contribution in [0.2, 0.25) is 0 Å². The van der Waals surface area contributed by atoms with Crippen molar-refractivity contribution in [1.82, 2.24) is 9.38 Å². The van der Waals surface area contributed by atoms with Crippen molar-refractivity contribution < 1.29 is 9.53 Å². The summed E-state index contributed by atoms with van der Waals surface area (Å²) in [6, 6.07) is 15.5. The number of imidazole rings is 1. The summed E-state index contributed by atoms with van der Waals surface area (Å²) in [5.74, 6) is 0.294. The highest BCUT2D eigenvalue weighted by molar-refractivity contribution is 6.05. The van der Waals surface area contributed by atoms with Crippen molar-refractivity contribution in [3.63, 3.8) is 0 Å². The van der Waals surface area contributed by atoms with Gasteiger partial charge in [0.15, 0.2) is 0 Å². The molecule has 0 saturated carbocycles. The number of hydrogen-bond acceptors (Lipinski definition) is 3. The van der Waals surface area contributed by atoms with Gasteiger partial charge in [-0.1, -0.05) is 24.3 Å². The molecule has 1 aromatic carbocycles. The van der Waals surface area contributed by atoms with Gasteiger partial charge in [-0.2, -0.15) is 0 Å². The summed E-state index contributed by atoms with van der Waals surface area (Å²) in [4.78, 5) is 19.4. The van der Waals surface area contributed by atoms with E-state index >= 15 is 0 Å². The monoisotopic (exact) mass is 321 g/mol. The first-order valence-electron chi connectivity index (χ1n) is 8.19. The molecule has 0 spiro atoms. The quantitative estimate of drug-likeness (QED) is 0.742. The first-order valence-corrected chi connectivity index (χ1v) is 8.19. The molecule has 0 bridgehead atoms. The van der Waals surface area contributed by atoms with Gasteiger partial charge in [0.2, 0.25) is 0 Å². The topological polar surface area (TPSA) is 46.8 Å². The predicted octanol–water partition coefficient (Wildman–Crippen LogP) is 3.02. The standard InChI is InChI=1S/C19H19N3O2/c23-19(17-13-21-10-5-4-8-18(21)20-17)22(12-15-9-11-24-14-15)16-6-2-1-3-7-16/h1-8,10,13,15H,9,11-12,14H2/t15-/m0/s1. The van der Waals surface area contributed by atoms with Crippen molar-refractivity contribution in [2.24, 2.45) is 5.92 Å². The van der Waals surface area contributed by atoms with Crippen molar-refractivity contribution in [3.8, 4) is 0 Å². The molecule has 1 atom stereocenters. The SMILES string of the molecule is O=C(c1cn2ccccc2n1)N(C[C@@H]1CCOC1)c1ccccc1. The van der Waals surface area contributed by atoms with E-state index in [0.29, 0.717) is 24.8 Å². The van der Waals surface area contributed by atoms with Crippen LogP contribution in [-0.4, -0.2) is 35.1 Å². The number of nitrogens with zero attached hydrogens (tertiary/aromatic N) is 3. The lowest BCUT2D eigenvalue weighted by Gasteiger charge is -2.24. The van der Waals surface area contributed by atoms with Crippen molar-refractivity contribution >= 4 is 17.2 Å². The molecule has 0 radical (unpaired) electrons. The third-order valence-electron chi connectivity index (χ3n) is 4.36. The summed E-state index contributed by atoms with van der Waals surface area (Å²) < 4.78 is 7.34. The molecule has 1 saturated heterocycles. The predicted molar refractivity (Wildman–Crippen MR) is 92.2 cm³/mol. The number of aromatic nitrogens is 2. The van der Waals surface area contributed by atoms with Crippen LogP contribution in [0.5, 0.6) is 0 Å². The number of rotatable bonds is 4. The van der Waals surface area contributed by atoms with Crippen LogP contribution in [0.25, 0.3) is 5.65 Å². The molecule has 1 aliphatic heterocycles. The molecule has 2 aromatic heterocycles. The first kappa shape index (κ1) is 14.9. The number of anilines is 1.